The van der Waals surface area contributed by atoms with E-state index in [1.165, 1.54) is 27.1 Å². The first-order valence-corrected chi connectivity index (χ1v) is 7.96. The van der Waals surface area contributed by atoms with Crippen molar-refractivity contribution in [2.75, 3.05) is 0 Å². The molecule has 0 N–H and O–H groups in total. The van der Waals surface area contributed by atoms with Crippen LogP contribution in [-0.4, -0.2) is 0 Å². The van der Waals surface area contributed by atoms with Crippen LogP contribution < -0.4 is 0 Å². The highest BCUT2D eigenvalue weighted by Crippen LogP contribution is 2.43. The maximum Gasteiger partial charge on any atom is 0.0235 e. The van der Waals surface area contributed by atoms with Gasteiger partial charge in [0.2, 0.25) is 0 Å². The van der Waals surface area contributed by atoms with Gasteiger partial charge in [-0.2, -0.15) is 0 Å². The maximum absolute atomic E-state index is 2.39. The Morgan fingerprint density at radius 1 is 1.05 bits per heavy atom. The standard InChI is InChI=1S/C18H20S/c1-12(2)18-15-6-4-5-7-17(15)19-11-14-9-8-13(3)10-16(14)18/h4-10,12,18H,11H2,1-3H3. The van der Waals surface area contributed by atoms with Crippen LogP contribution in [0.25, 0.3) is 0 Å². The molecule has 0 radical (unpaired) electrons. The molecule has 1 heterocycles. The van der Waals surface area contributed by atoms with Gasteiger partial charge in [-0.05, 0) is 35.6 Å². The fourth-order valence-corrected chi connectivity index (χ4v) is 4.16. The van der Waals surface area contributed by atoms with Gasteiger partial charge in [-0.3, -0.25) is 0 Å². The Morgan fingerprint density at radius 3 is 2.63 bits per heavy atom. The molecule has 0 aromatic heterocycles. The maximum atomic E-state index is 2.39. The highest BCUT2D eigenvalue weighted by molar-refractivity contribution is 7.98. The molecule has 0 aliphatic carbocycles. The topological polar surface area (TPSA) is 0 Å². The lowest BCUT2D eigenvalue weighted by molar-refractivity contribution is 0.556. The Morgan fingerprint density at radius 2 is 1.84 bits per heavy atom. The number of fused-ring (bicyclic) bond motifs is 2. The lowest BCUT2D eigenvalue weighted by atomic mass is 9.80. The Labute approximate surface area is 120 Å². The zero-order valence-corrected chi connectivity index (χ0v) is 12.6. The van der Waals surface area contributed by atoms with Crippen LogP contribution in [0.1, 0.15) is 42.0 Å². The molecule has 0 amide bonds. The Kier molecular flexibility index (Phi) is 3.40. The monoisotopic (exact) mass is 268 g/mol. The van der Waals surface area contributed by atoms with Crippen molar-refractivity contribution < 1.29 is 0 Å². The van der Waals surface area contributed by atoms with Crippen LogP contribution in [0.3, 0.4) is 0 Å². The fourth-order valence-electron chi connectivity index (χ4n) is 3.05. The van der Waals surface area contributed by atoms with Crippen LogP contribution in [0.15, 0.2) is 47.4 Å². The minimum absolute atomic E-state index is 0.529. The minimum atomic E-state index is 0.529. The summed E-state index contributed by atoms with van der Waals surface area (Å²) in [6, 6.07) is 15.9. The molecule has 1 aliphatic heterocycles. The van der Waals surface area contributed by atoms with E-state index in [1.807, 2.05) is 11.8 Å². The molecule has 0 nitrogen and oxygen atoms in total. The van der Waals surface area contributed by atoms with Gasteiger partial charge in [-0.25, -0.2) is 0 Å². The molecule has 1 atom stereocenters. The first-order valence-electron chi connectivity index (χ1n) is 6.98. The van der Waals surface area contributed by atoms with E-state index in [0.29, 0.717) is 11.8 Å². The minimum Gasteiger partial charge on any atom is -0.121 e. The van der Waals surface area contributed by atoms with Gasteiger partial charge < -0.3 is 0 Å². The molecular formula is C18H20S. The Bertz CT molecular complexity index is 598. The van der Waals surface area contributed by atoms with Crippen molar-refractivity contribution in [3.63, 3.8) is 0 Å². The van der Waals surface area contributed by atoms with Gasteiger partial charge in [0.1, 0.15) is 0 Å². The van der Waals surface area contributed by atoms with Crippen molar-refractivity contribution in [2.24, 2.45) is 5.92 Å². The van der Waals surface area contributed by atoms with Crippen molar-refractivity contribution >= 4 is 11.8 Å². The van der Waals surface area contributed by atoms with E-state index in [4.69, 9.17) is 0 Å². The second-order valence-electron chi connectivity index (χ2n) is 5.75. The van der Waals surface area contributed by atoms with Crippen molar-refractivity contribution in [3.05, 3.63) is 64.7 Å². The summed E-state index contributed by atoms with van der Waals surface area (Å²) >= 11 is 1.98. The molecule has 0 fully saturated rings. The molecule has 0 bridgehead atoms. The third kappa shape index (κ3) is 2.32. The number of thioether (sulfide) groups is 1. The second kappa shape index (κ2) is 5.05. The smallest absolute Gasteiger partial charge is 0.0235 e. The van der Waals surface area contributed by atoms with Gasteiger partial charge in [0.05, 0.1) is 0 Å². The van der Waals surface area contributed by atoms with Crippen molar-refractivity contribution in [1.82, 2.24) is 0 Å². The summed E-state index contributed by atoms with van der Waals surface area (Å²) in [5.41, 5.74) is 5.92. The van der Waals surface area contributed by atoms with Crippen molar-refractivity contribution in [1.29, 1.82) is 0 Å². The molecule has 2 aromatic rings. The summed E-state index contributed by atoms with van der Waals surface area (Å²) in [4.78, 5) is 1.45. The molecule has 1 aliphatic rings. The predicted octanol–water partition coefficient (Wildman–Crippen LogP) is 5.39. The normalized spacial score (nSPS) is 17.8. The van der Waals surface area contributed by atoms with Gasteiger partial charge in [0, 0.05) is 16.6 Å². The molecule has 98 valence electrons. The van der Waals surface area contributed by atoms with Crippen LogP contribution in [0.2, 0.25) is 0 Å². The molecule has 19 heavy (non-hydrogen) atoms. The van der Waals surface area contributed by atoms with Gasteiger partial charge in [-0.1, -0.05) is 55.8 Å². The summed E-state index contributed by atoms with van der Waals surface area (Å²) in [6.45, 7) is 6.87. The average Bonchev–Trinajstić information content (AvgIpc) is 2.54. The number of hydrogen-bond acceptors (Lipinski definition) is 1. The molecule has 0 spiro atoms. The lowest BCUT2D eigenvalue weighted by Crippen LogP contribution is -2.10. The molecule has 0 saturated carbocycles. The number of aryl methyl sites for hydroxylation is 1. The average molecular weight is 268 g/mol. The summed E-state index contributed by atoms with van der Waals surface area (Å²) in [6.07, 6.45) is 0. The largest absolute Gasteiger partial charge is 0.121 e. The molecule has 1 unspecified atom stereocenters. The Balaban J connectivity index is 2.23. The van der Waals surface area contributed by atoms with Crippen LogP contribution in [0.5, 0.6) is 0 Å². The Hall–Kier alpha value is -1.21. The van der Waals surface area contributed by atoms with E-state index in [-0.39, 0.29) is 0 Å². The van der Waals surface area contributed by atoms with Gasteiger partial charge in [0.25, 0.3) is 0 Å². The van der Waals surface area contributed by atoms with E-state index < -0.39 is 0 Å². The van der Waals surface area contributed by atoms with Gasteiger partial charge >= 0.3 is 0 Å². The van der Waals surface area contributed by atoms with E-state index in [9.17, 15) is 0 Å². The molecule has 2 aromatic carbocycles. The summed E-state index contributed by atoms with van der Waals surface area (Å²) < 4.78 is 0. The van der Waals surface area contributed by atoms with Crippen LogP contribution >= 0.6 is 11.8 Å². The highest BCUT2D eigenvalue weighted by atomic mass is 32.2. The van der Waals surface area contributed by atoms with Crippen LogP contribution in [-0.2, 0) is 5.75 Å². The van der Waals surface area contributed by atoms with Crippen LogP contribution in [0, 0.1) is 12.8 Å². The second-order valence-corrected chi connectivity index (χ2v) is 6.77. The molecule has 1 heteroatoms. The van der Waals surface area contributed by atoms with Crippen LogP contribution in [0.4, 0.5) is 0 Å². The summed E-state index contributed by atoms with van der Waals surface area (Å²) in [5, 5.41) is 0. The zero-order chi connectivity index (χ0) is 13.4. The molecular weight excluding hydrogens is 248 g/mol. The third-order valence-corrected chi connectivity index (χ3v) is 5.08. The summed E-state index contributed by atoms with van der Waals surface area (Å²) in [7, 11) is 0. The highest BCUT2D eigenvalue weighted by Gasteiger charge is 2.26. The lowest BCUT2D eigenvalue weighted by Gasteiger charge is -2.24. The van der Waals surface area contributed by atoms with Gasteiger partial charge in [0.15, 0.2) is 0 Å². The fraction of sp³-hybridized carbons (Fsp3) is 0.333. The number of benzene rings is 2. The van der Waals surface area contributed by atoms with Crippen molar-refractivity contribution in [3.8, 4) is 0 Å². The van der Waals surface area contributed by atoms with E-state index in [1.54, 1.807) is 0 Å². The van der Waals surface area contributed by atoms with Gasteiger partial charge in [-0.15, -0.1) is 11.8 Å². The van der Waals surface area contributed by atoms with Crippen molar-refractivity contribution in [2.45, 2.75) is 37.3 Å². The molecule has 3 rings (SSSR count). The number of hydrogen-bond donors (Lipinski definition) is 0. The van der Waals surface area contributed by atoms with E-state index >= 15 is 0 Å². The first kappa shape index (κ1) is 12.8. The molecule has 0 saturated heterocycles. The first-order chi connectivity index (χ1) is 9.16. The zero-order valence-electron chi connectivity index (χ0n) is 11.8. The van der Waals surface area contributed by atoms with E-state index in [0.717, 1.165) is 5.75 Å². The quantitative estimate of drug-likeness (QED) is 0.668. The van der Waals surface area contributed by atoms with E-state index in [2.05, 4.69) is 63.2 Å². The third-order valence-electron chi connectivity index (χ3n) is 3.94. The number of rotatable bonds is 1. The predicted molar refractivity (Wildman–Crippen MR) is 83.9 cm³/mol. The SMILES string of the molecule is Cc1ccc2c(c1)C(C(C)C)c1ccccc1SC2. The summed E-state index contributed by atoms with van der Waals surface area (Å²) in [5.74, 6) is 2.25.